The highest BCUT2D eigenvalue weighted by Gasteiger charge is 2.22. The molecule has 1 aliphatic heterocycles. The summed E-state index contributed by atoms with van der Waals surface area (Å²) in [5, 5.41) is 18.4. The molecule has 1 unspecified atom stereocenters. The number of nitrogens with zero attached hydrogens (tertiary/aromatic N) is 4. The number of anilines is 1. The smallest absolute Gasteiger partial charge is 0.187 e. The van der Waals surface area contributed by atoms with Gasteiger partial charge in [0.25, 0.3) is 0 Å². The van der Waals surface area contributed by atoms with Crippen LogP contribution in [0.4, 0.5) is 5.69 Å². The summed E-state index contributed by atoms with van der Waals surface area (Å²) in [6, 6.07) is 10.1. The number of fused-ring (bicyclic) bond motifs is 1. The van der Waals surface area contributed by atoms with Crippen LogP contribution in [0.1, 0.15) is 18.5 Å². The van der Waals surface area contributed by atoms with E-state index in [-0.39, 0.29) is 6.04 Å². The zero-order chi connectivity index (χ0) is 13.2. The van der Waals surface area contributed by atoms with Gasteiger partial charge in [-0.05, 0) is 18.9 Å². The van der Waals surface area contributed by atoms with Gasteiger partial charge in [-0.1, -0.05) is 18.2 Å². The molecule has 5 nitrogen and oxygen atoms in total. The summed E-state index contributed by atoms with van der Waals surface area (Å²) in [5.74, 6) is 0. The van der Waals surface area contributed by atoms with Gasteiger partial charge < -0.3 is 10.6 Å². The molecule has 1 atom stereocenters. The maximum Gasteiger partial charge on any atom is 0.187 e. The highest BCUT2D eigenvalue weighted by atomic mass is 15.2. The fourth-order valence-electron chi connectivity index (χ4n) is 2.65. The second kappa shape index (κ2) is 4.82. The third kappa shape index (κ3) is 2.11. The average molecular weight is 253 g/mol. The largest absolute Gasteiger partial charge is 0.367 e. The van der Waals surface area contributed by atoms with E-state index in [0.717, 1.165) is 42.5 Å². The van der Waals surface area contributed by atoms with Crippen LogP contribution in [0.3, 0.4) is 0 Å². The van der Waals surface area contributed by atoms with Crippen molar-refractivity contribution in [3.8, 4) is 6.07 Å². The quantitative estimate of drug-likeness (QED) is 0.831. The predicted octanol–water partition coefficient (Wildman–Crippen LogP) is 1.43. The van der Waals surface area contributed by atoms with Gasteiger partial charge in [-0.15, -0.1) is 10.2 Å². The van der Waals surface area contributed by atoms with E-state index < -0.39 is 0 Å². The SMILES string of the molecule is N#Cc1nnc2ccccc2c1N1CCCC(N)C1. The number of benzene rings is 1. The number of piperidine rings is 1. The number of nitrogens with two attached hydrogens (primary N) is 1. The first-order valence-electron chi connectivity index (χ1n) is 6.45. The zero-order valence-electron chi connectivity index (χ0n) is 10.6. The van der Waals surface area contributed by atoms with Crippen LogP contribution in [-0.2, 0) is 0 Å². The first-order chi connectivity index (χ1) is 9.29. The van der Waals surface area contributed by atoms with Crippen molar-refractivity contribution in [2.24, 2.45) is 5.73 Å². The average Bonchev–Trinajstić information content (AvgIpc) is 2.46. The number of hydrogen-bond acceptors (Lipinski definition) is 5. The molecule has 2 aromatic rings. The van der Waals surface area contributed by atoms with Crippen molar-refractivity contribution in [1.29, 1.82) is 5.26 Å². The van der Waals surface area contributed by atoms with E-state index in [4.69, 9.17) is 5.73 Å². The van der Waals surface area contributed by atoms with E-state index in [1.54, 1.807) is 0 Å². The normalized spacial score (nSPS) is 19.4. The van der Waals surface area contributed by atoms with Gasteiger partial charge in [0.05, 0.1) is 11.2 Å². The van der Waals surface area contributed by atoms with E-state index in [1.807, 2.05) is 24.3 Å². The summed E-state index contributed by atoms with van der Waals surface area (Å²) in [7, 11) is 0. The predicted molar refractivity (Wildman–Crippen MR) is 73.7 cm³/mol. The molecule has 0 radical (unpaired) electrons. The van der Waals surface area contributed by atoms with Gasteiger partial charge in [0.15, 0.2) is 5.69 Å². The molecule has 5 heteroatoms. The minimum Gasteiger partial charge on any atom is -0.367 e. The molecule has 1 saturated heterocycles. The van der Waals surface area contributed by atoms with Gasteiger partial charge in [-0.25, -0.2) is 0 Å². The zero-order valence-corrected chi connectivity index (χ0v) is 10.6. The van der Waals surface area contributed by atoms with Crippen LogP contribution in [-0.4, -0.2) is 29.3 Å². The molecule has 2 heterocycles. The monoisotopic (exact) mass is 253 g/mol. The van der Waals surface area contributed by atoms with Crippen molar-refractivity contribution in [2.45, 2.75) is 18.9 Å². The lowest BCUT2D eigenvalue weighted by Crippen LogP contribution is -2.43. The molecule has 3 rings (SSSR count). The molecular formula is C14H15N5. The number of aromatic nitrogens is 2. The third-order valence-corrected chi connectivity index (χ3v) is 3.52. The second-order valence-electron chi connectivity index (χ2n) is 4.87. The van der Waals surface area contributed by atoms with Crippen LogP contribution in [0.15, 0.2) is 24.3 Å². The second-order valence-corrected chi connectivity index (χ2v) is 4.87. The molecular weight excluding hydrogens is 238 g/mol. The van der Waals surface area contributed by atoms with Gasteiger partial charge >= 0.3 is 0 Å². The molecule has 2 N–H and O–H groups in total. The lowest BCUT2D eigenvalue weighted by Gasteiger charge is -2.33. The fraction of sp³-hybridized carbons (Fsp3) is 0.357. The standard InChI is InChI=1S/C14H15N5/c15-8-13-14(19-7-3-4-10(16)9-19)11-5-1-2-6-12(11)17-18-13/h1-2,5-6,10H,3-4,7,9,16H2. The van der Waals surface area contributed by atoms with E-state index in [9.17, 15) is 5.26 Å². The van der Waals surface area contributed by atoms with E-state index >= 15 is 0 Å². The van der Waals surface area contributed by atoms with Crippen molar-refractivity contribution in [2.75, 3.05) is 18.0 Å². The van der Waals surface area contributed by atoms with Gasteiger partial charge in [0.2, 0.25) is 0 Å². The summed E-state index contributed by atoms with van der Waals surface area (Å²) >= 11 is 0. The molecule has 1 aromatic heterocycles. The Labute approximate surface area is 111 Å². The maximum absolute atomic E-state index is 9.26. The van der Waals surface area contributed by atoms with Gasteiger partial charge in [0.1, 0.15) is 6.07 Å². The topological polar surface area (TPSA) is 78.8 Å². The molecule has 96 valence electrons. The summed E-state index contributed by atoms with van der Waals surface area (Å²) in [6.45, 7) is 1.68. The lowest BCUT2D eigenvalue weighted by molar-refractivity contribution is 0.506. The van der Waals surface area contributed by atoms with Crippen molar-refractivity contribution >= 4 is 16.6 Å². The van der Waals surface area contributed by atoms with Gasteiger partial charge in [-0.3, -0.25) is 0 Å². The van der Waals surface area contributed by atoms with Crippen LogP contribution < -0.4 is 10.6 Å². The Hall–Kier alpha value is -2.19. The molecule has 19 heavy (non-hydrogen) atoms. The van der Waals surface area contributed by atoms with Gasteiger partial charge in [-0.2, -0.15) is 5.26 Å². The van der Waals surface area contributed by atoms with Crippen LogP contribution in [0.2, 0.25) is 0 Å². The molecule has 0 aliphatic carbocycles. The minimum atomic E-state index is 0.159. The summed E-state index contributed by atoms with van der Waals surface area (Å²) < 4.78 is 0. The van der Waals surface area contributed by atoms with E-state index in [0.29, 0.717) is 5.69 Å². The number of hydrogen-bond donors (Lipinski definition) is 1. The van der Waals surface area contributed by atoms with E-state index in [1.165, 1.54) is 0 Å². The van der Waals surface area contributed by atoms with E-state index in [2.05, 4.69) is 21.2 Å². The Morgan fingerprint density at radius 1 is 1.32 bits per heavy atom. The van der Waals surface area contributed by atoms with Crippen LogP contribution in [0.25, 0.3) is 10.9 Å². The first-order valence-corrected chi connectivity index (χ1v) is 6.45. The molecule has 0 saturated carbocycles. The maximum atomic E-state index is 9.26. The number of nitriles is 1. The molecule has 1 fully saturated rings. The summed E-state index contributed by atoms with van der Waals surface area (Å²) in [6.07, 6.45) is 2.08. The van der Waals surface area contributed by atoms with Crippen molar-refractivity contribution in [3.05, 3.63) is 30.0 Å². The minimum absolute atomic E-state index is 0.159. The highest BCUT2D eigenvalue weighted by molar-refractivity contribution is 5.93. The number of rotatable bonds is 1. The fourth-order valence-corrected chi connectivity index (χ4v) is 2.65. The highest BCUT2D eigenvalue weighted by Crippen LogP contribution is 2.29. The van der Waals surface area contributed by atoms with Crippen LogP contribution in [0, 0.1) is 11.3 Å². The molecule has 0 spiro atoms. The molecule has 1 aliphatic rings. The first kappa shape index (κ1) is 11.9. The Balaban J connectivity index is 2.17. The Morgan fingerprint density at radius 3 is 2.95 bits per heavy atom. The Morgan fingerprint density at radius 2 is 2.16 bits per heavy atom. The molecule has 0 amide bonds. The summed E-state index contributed by atoms with van der Waals surface area (Å²) in [5.41, 5.74) is 8.11. The molecule has 1 aromatic carbocycles. The Kier molecular flexibility index (Phi) is 3.02. The van der Waals surface area contributed by atoms with Crippen molar-refractivity contribution in [3.63, 3.8) is 0 Å². The van der Waals surface area contributed by atoms with Crippen molar-refractivity contribution < 1.29 is 0 Å². The van der Waals surface area contributed by atoms with Crippen molar-refractivity contribution in [1.82, 2.24) is 10.2 Å². The third-order valence-electron chi connectivity index (χ3n) is 3.52. The van der Waals surface area contributed by atoms with Crippen LogP contribution >= 0.6 is 0 Å². The van der Waals surface area contributed by atoms with Gasteiger partial charge in [0, 0.05) is 24.5 Å². The Bertz CT molecular complexity index is 646. The van der Waals surface area contributed by atoms with Crippen LogP contribution in [0.5, 0.6) is 0 Å². The molecule has 0 bridgehead atoms. The summed E-state index contributed by atoms with van der Waals surface area (Å²) in [4.78, 5) is 2.17. The lowest BCUT2D eigenvalue weighted by atomic mass is 10.0.